The number of carbonyl (C=O) groups is 3. The van der Waals surface area contributed by atoms with Crippen LogP contribution in [0.1, 0.15) is 37.9 Å². The number of carbonyl (C=O) groups excluding carboxylic acids is 3. The third-order valence-electron chi connectivity index (χ3n) is 7.28. The number of hydrogen-bond donors (Lipinski definition) is 3. The molecule has 0 saturated heterocycles. The van der Waals surface area contributed by atoms with Gasteiger partial charge in [0, 0.05) is 27.4 Å². The second-order valence-electron chi connectivity index (χ2n) is 10.5. The minimum Gasteiger partial charge on any atom is -0.325 e. The molecule has 0 fully saturated rings. The van der Waals surface area contributed by atoms with E-state index < -0.39 is 22.9 Å². The Balaban J connectivity index is 1.39. The Labute approximate surface area is 271 Å². The number of thioether (sulfide) groups is 1. The third-order valence-corrected chi connectivity index (χ3v) is 8.53. The smallest absolute Gasteiger partial charge is 0.272 e. The molecule has 3 amide bonds. The summed E-state index contributed by atoms with van der Waals surface area (Å²) in [6, 6.07) is 36.8. The maximum atomic E-state index is 14.5. The van der Waals surface area contributed by atoms with E-state index in [4.69, 9.17) is 0 Å². The van der Waals surface area contributed by atoms with Gasteiger partial charge in [-0.2, -0.15) is 0 Å². The summed E-state index contributed by atoms with van der Waals surface area (Å²) in [6.45, 7) is 3.97. The van der Waals surface area contributed by atoms with Crippen LogP contribution in [-0.4, -0.2) is 17.7 Å². The molecule has 6 nitrogen and oxygen atoms in total. The SMILES string of the molecule is Cc1cccc(NC(=O)C(Sc2cccc(NC(=O)/C(=C/c3ccccc3F)NC(=O)c3ccccc3)c2)c2ccccc2)c1C. The number of halogens is 1. The zero-order valence-corrected chi connectivity index (χ0v) is 26.1. The molecule has 5 aromatic carbocycles. The second kappa shape index (κ2) is 15.0. The average molecular weight is 630 g/mol. The molecular weight excluding hydrogens is 598 g/mol. The molecule has 0 spiro atoms. The second-order valence-corrected chi connectivity index (χ2v) is 11.7. The van der Waals surface area contributed by atoms with Gasteiger partial charge >= 0.3 is 0 Å². The molecule has 0 aliphatic rings. The van der Waals surface area contributed by atoms with E-state index in [1.807, 2.05) is 68.4 Å². The van der Waals surface area contributed by atoms with Gasteiger partial charge in [0.25, 0.3) is 11.8 Å². The minimum absolute atomic E-state index is 0.132. The van der Waals surface area contributed by atoms with Crippen molar-refractivity contribution in [3.8, 4) is 0 Å². The Morgan fingerprint density at radius 2 is 1.41 bits per heavy atom. The standard InChI is InChI=1S/C38H32FN3O3S/c1-25-13-11-22-33(26(25)2)41-38(45)35(27-14-5-3-6-15-27)46-31-20-12-19-30(24-31)40-37(44)34(23-29-18-9-10-21-32(29)39)42-36(43)28-16-7-4-8-17-28/h3-24,35H,1-2H3,(H,40,44)(H,41,45)(H,42,43)/b34-23-. The lowest BCUT2D eigenvalue weighted by atomic mass is 10.1. The van der Waals surface area contributed by atoms with Crippen LogP contribution < -0.4 is 16.0 Å². The fourth-order valence-electron chi connectivity index (χ4n) is 4.66. The van der Waals surface area contributed by atoms with Crippen LogP contribution in [0.15, 0.2) is 138 Å². The number of aryl methyl sites for hydroxylation is 1. The molecule has 0 aliphatic carbocycles. The Bertz CT molecular complexity index is 1890. The molecule has 3 N–H and O–H groups in total. The number of rotatable bonds is 10. The number of nitrogens with one attached hydrogen (secondary N) is 3. The fourth-order valence-corrected chi connectivity index (χ4v) is 5.74. The number of benzene rings is 5. The zero-order chi connectivity index (χ0) is 32.5. The number of amides is 3. The highest BCUT2D eigenvalue weighted by Crippen LogP contribution is 2.37. The molecule has 0 heterocycles. The molecule has 0 radical (unpaired) electrons. The third kappa shape index (κ3) is 8.16. The highest BCUT2D eigenvalue weighted by atomic mass is 32.2. The van der Waals surface area contributed by atoms with Gasteiger partial charge in [0.1, 0.15) is 16.8 Å². The molecule has 230 valence electrons. The first-order valence-electron chi connectivity index (χ1n) is 14.6. The zero-order valence-electron chi connectivity index (χ0n) is 25.3. The maximum absolute atomic E-state index is 14.5. The van der Waals surface area contributed by atoms with E-state index in [9.17, 15) is 18.8 Å². The topological polar surface area (TPSA) is 87.3 Å². The van der Waals surface area contributed by atoms with E-state index in [1.54, 1.807) is 60.7 Å². The van der Waals surface area contributed by atoms with Crippen LogP contribution in [-0.2, 0) is 9.59 Å². The normalized spacial score (nSPS) is 11.8. The largest absolute Gasteiger partial charge is 0.325 e. The van der Waals surface area contributed by atoms with Crippen molar-refractivity contribution in [1.29, 1.82) is 0 Å². The summed E-state index contributed by atoms with van der Waals surface area (Å²) in [5.41, 5.74) is 4.44. The fraction of sp³-hybridized carbons (Fsp3) is 0.0789. The van der Waals surface area contributed by atoms with Crippen molar-refractivity contribution in [3.05, 3.63) is 167 Å². The van der Waals surface area contributed by atoms with Crippen molar-refractivity contribution in [2.45, 2.75) is 24.0 Å². The monoisotopic (exact) mass is 629 g/mol. The average Bonchev–Trinajstić information content (AvgIpc) is 3.07. The Morgan fingerprint density at radius 3 is 2.15 bits per heavy atom. The number of anilines is 2. The summed E-state index contributed by atoms with van der Waals surface area (Å²) in [6.07, 6.45) is 1.30. The quantitative estimate of drug-likeness (QED) is 0.107. The van der Waals surface area contributed by atoms with E-state index in [-0.39, 0.29) is 17.2 Å². The molecule has 0 aromatic heterocycles. The summed E-state index contributed by atoms with van der Waals surface area (Å²) in [4.78, 5) is 40.9. The molecule has 5 rings (SSSR count). The van der Waals surface area contributed by atoms with Crippen LogP contribution in [0.2, 0.25) is 0 Å². The summed E-state index contributed by atoms with van der Waals surface area (Å²) in [5.74, 6) is -1.87. The molecular formula is C38H32FN3O3S. The van der Waals surface area contributed by atoms with Crippen molar-refractivity contribution >= 4 is 46.9 Å². The predicted octanol–water partition coefficient (Wildman–Crippen LogP) is 8.32. The molecule has 1 atom stereocenters. The lowest BCUT2D eigenvalue weighted by Gasteiger charge is -2.19. The van der Waals surface area contributed by atoms with Crippen LogP contribution >= 0.6 is 11.8 Å². The van der Waals surface area contributed by atoms with Crippen LogP contribution in [0.25, 0.3) is 6.08 Å². The Kier molecular flexibility index (Phi) is 10.4. The summed E-state index contributed by atoms with van der Waals surface area (Å²) >= 11 is 1.34. The predicted molar refractivity (Wildman–Crippen MR) is 183 cm³/mol. The Hall–Kier alpha value is -5.47. The van der Waals surface area contributed by atoms with Crippen molar-refractivity contribution in [2.24, 2.45) is 0 Å². The van der Waals surface area contributed by atoms with E-state index in [0.717, 1.165) is 27.3 Å². The molecule has 1 unspecified atom stereocenters. The first kappa shape index (κ1) is 31.9. The van der Waals surface area contributed by atoms with Crippen LogP contribution in [0.5, 0.6) is 0 Å². The summed E-state index contributed by atoms with van der Waals surface area (Å²) < 4.78 is 14.5. The highest BCUT2D eigenvalue weighted by molar-refractivity contribution is 8.00. The highest BCUT2D eigenvalue weighted by Gasteiger charge is 2.23. The maximum Gasteiger partial charge on any atom is 0.272 e. The van der Waals surface area contributed by atoms with Crippen molar-refractivity contribution in [2.75, 3.05) is 10.6 Å². The molecule has 0 bridgehead atoms. The summed E-state index contributed by atoms with van der Waals surface area (Å²) in [7, 11) is 0. The van der Waals surface area contributed by atoms with E-state index >= 15 is 0 Å². The molecule has 46 heavy (non-hydrogen) atoms. The van der Waals surface area contributed by atoms with Gasteiger partial charge in [-0.05, 0) is 79.1 Å². The van der Waals surface area contributed by atoms with Gasteiger partial charge in [-0.1, -0.05) is 84.9 Å². The van der Waals surface area contributed by atoms with Gasteiger partial charge in [-0.15, -0.1) is 11.8 Å². The van der Waals surface area contributed by atoms with Crippen molar-refractivity contribution < 1.29 is 18.8 Å². The molecule has 0 aliphatic heterocycles. The lowest BCUT2D eigenvalue weighted by Crippen LogP contribution is -2.30. The van der Waals surface area contributed by atoms with Crippen molar-refractivity contribution in [1.82, 2.24) is 5.32 Å². The number of hydrogen-bond acceptors (Lipinski definition) is 4. The minimum atomic E-state index is -0.637. The van der Waals surface area contributed by atoms with Gasteiger partial charge < -0.3 is 16.0 Å². The van der Waals surface area contributed by atoms with Gasteiger partial charge in [-0.25, -0.2) is 4.39 Å². The molecule has 8 heteroatoms. The van der Waals surface area contributed by atoms with Gasteiger partial charge in [0.15, 0.2) is 0 Å². The van der Waals surface area contributed by atoms with Gasteiger partial charge in [0.2, 0.25) is 5.91 Å². The Morgan fingerprint density at radius 1 is 0.739 bits per heavy atom. The van der Waals surface area contributed by atoms with E-state index in [2.05, 4.69) is 16.0 Å². The van der Waals surface area contributed by atoms with E-state index in [0.29, 0.717) is 11.3 Å². The van der Waals surface area contributed by atoms with Crippen LogP contribution in [0.3, 0.4) is 0 Å². The first-order valence-corrected chi connectivity index (χ1v) is 15.5. The van der Waals surface area contributed by atoms with Crippen LogP contribution in [0.4, 0.5) is 15.8 Å². The first-order chi connectivity index (χ1) is 22.3. The van der Waals surface area contributed by atoms with E-state index in [1.165, 1.54) is 30.0 Å². The van der Waals surface area contributed by atoms with Crippen LogP contribution in [0, 0.1) is 19.7 Å². The van der Waals surface area contributed by atoms with Gasteiger partial charge in [-0.3, -0.25) is 14.4 Å². The molecule has 0 saturated carbocycles. The summed E-state index contributed by atoms with van der Waals surface area (Å²) in [5, 5.41) is 7.94. The van der Waals surface area contributed by atoms with Gasteiger partial charge in [0.05, 0.1) is 0 Å². The molecule has 5 aromatic rings. The van der Waals surface area contributed by atoms with Crippen molar-refractivity contribution in [3.63, 3.8) is 0 Å². The lowest BCUT2D eigenvalue weighted by molar-refractivity contribution is -0.116.